The minimum absolute atomic E-state index is 0.0726. The summed E-state index contributed by atoms with van der Waals surface area (Å²) in [6, 6.07) is 1.57. The lowest BCUT2D eigenvalue weighted by atomic mass is 10.1. The van der Waals surface area contributed by atoms with Gasteiger partial charge in [0.2, 0.25) is 0 Å². The van der Waals surface area contributed by atoms with Crippen molar-refractivity contribution in [3.63, 3.8) is 0 Å². The number of halogens is 2. The van der Waals surface area contributed by atoms with E-state index in [0.29, 0.717) is 28.3 Å². The molecule has 9 heteroatoms. The van der Waals surface area contributed by atoms with Gasteiger partial charge >= 0.3 is 0 Å². The molecule has 2 aliphatic rings. The van der Waals surface area contributed by atoms with Gasteiger partial charge in [0.25, 0.3) is 5.56 Å². The highest BCUT2D eigenvalue weighted by Gasteiger charge is 2.24. The molecule has 2 N–H and O–H groups in total. The van der Waals surface area contributed by atoms with Gasteiger partial charge in [-0.15, -0.1) is 0 Å². The van der Waals surface area contributed by atoms with E-state index in [1.54, 1.807) is 11.8 Å². The van der Waals surface area contributed by atoms with E-state index in [1.165, 1.54) is 6.07 Å². The highest BCUT2D eigenvalue weighted by atomic mass is 32.2. The Balaban J connectivity index is 1.57. The van der Waals surface area contributed by atoms with Gasteiger partial charge < -0.3 is 14.9 Å². The van der Waals surface area contributed by atoms with Crippen LogP contribution in [0.2, 0.25) is 0 Å². The third-order valence-corrected chi connectivity index (χ3v) is 8.20. The van der Waals surface area contributed by atoms with Gasteiger partial charge in [0, 0.05) is 24.1 Å². The lowest BCUT2D eigenvalue weighted by Gasteiger charge is -2.23. The van der Waals surface area contributed by atoms with E-state index in [2.05, 4.69) is 15.3 Å². The number of fused-ring (bicyclic) bond motifs is 1. The summed E-state index contributed by atoms with van der Waals surface area (Å²) in [5.41, 5.74) is -0.416. The third-order valence-electron chi connectivity index (χ3n) is 5.43. The Kier molecular flexibility index (Phi) is 6.13. The first-order valence-electron chi connectivity index (χ1n) is 9.65. The first-order chi connectivity index (χ1) is 13.5. The van der Waals surface area contributed by atoms with Gasteiger partial charge in [0.1, 0.15) is 22.7 Å². The maximum absolute atomic E-state index is 14.5. The van der Waals surface area contributed by atoms with Crippen molar-refractivity contribution in [3.8, 4) is 0 Å². The van der Waals surface area contributed by atoms with Crippen molar-refractivity contribution in [2.24, 2.45) is 0 Å². The van der Waals surface area contributed by atoms with E-state index in [0.717, 1.165) is 38.5 Å². The number of aromatic nitrogens is 2. The molecular weight excluding hydrogens is 404 g/mol. The van der Waals surface area contributed by atoms with Gasteiger partial charge in [-0.25, -0.2) is 13.8 Å². The number of nitrogens with one attached hydrogen (secondary N) is 2. The molecule has 5 nitrogen and oxygen atoms in total. The van der Waals surface area contributed by atoms with Crippen molar-refractivity contribution >= 4 is 39.5 Å². The van der Waals surface area contributed by atoms with Gasteiger partial charge in [-0.2, -0.15) is 11.8 Å². The Hall–Kier alpha value is -1.32. The van der Waals surface area contributed by atoms with Crippen LogP contribution in [0.5, 0.6) is 0 Å². The van der Waals surface area contributed by atoms with Gasteiger partial charge in [-0.3, -0.25) is 4.79 Å². The van der Waals surface area contributed by atoms with Crippen LogP contribution in [-0.4, -0.2) is 37.3 Å². The zero-order chi connectivity index (χ0) is 19.7. The number of H-pyrrole nitrogens is 1. The van der Waals surface area contributed by atoms with Gasteiger partial charge in [0.05, 0.1) is 17.0 Å². The van der Waals surface area contributed by atoms with Gasteiger partial charge in [-0.05, 0) is 18.9 Å². The largest absolute Gasteiger partial charge is 0.616 e. The zero-order valence-corrected chi connectivity index (χ0v) is 17.1. The first-order valence-corrected chi connectivity index (χ1v) is 12.2. The molecule has 0 radical (unpaired) electrons. The third kappa shape index (κ3) is 4.31. The second-order valence-electron chi connectivity index (χ2n) is 7.44. The predicted molar refractivity (Wildman–Crippen MR) is 110 cm³/mol. The maximum Gasteiger partial charge on any atom is 0.261 e. The van der Waals surface area contributed by atoms with E-state index in [4.69, 9.17) is 0 Å². The molecule has 2 fully saturated rings. The molecule has 0 spiro atoms. The fourth-order valence-corrected chi connectivity index (χ4v) is 6.58. The maximum atomic E-state index is 14.5. The first kappa shape index (κ1) is 20.0. The molecule has 152 valence electrons. The Morgan fingerprint density at radius 1 is 1.21 bits per heavy atom. The van der Waals surface area contributed by atoms with E-state index >= 15 is 0 Å². The van der Waals surface area contributed by atoms with Gasteiger partial charge in [-0.1, -0.05) is 24.0 Å². The van der Waals surface area contributed by atoms with E-state index in [-0.39, 0.29) is 22.6 Å². The molecule has 28 heavy (non-hydrogen) atoms. The molecule has 1 aromatic carbocycles. The van der Waals surface area contributed by atoms with E-state index in [9.17, 15) is 18.1 Å². The zero-order valence-electron chi connectivity index (χ0n) is 15.4. The fraction of sp³-hybridized carbons (Fsp3) is 0.579. The monoisotopic (exact) mass is 427 g/mol. The van der Waals surface area contributed by atoms with Crippen LogP contribution >= 0.6 is 11.8 Å². The summed E-state index contributed by atoms with van der Waals surface area (Å²) in [4.78, 5) is 19.3. The number of thioether (sulfide) groups is 1. The summed E-state index contributed by atoms with van der Waals surface area (Å²) in [7, 11) is 0. The summed E-state index contributed by atoms with van der Waals surface area (Å²) in [5, 5.41) is 3.11. The summed E-state index contributed by atoms with van der Waals surface area (Å²) < 4.78 is 40.4. The molecule has 1 saturated heterocycles. The molecular formula is C19H23F2N3O2S2. The summed E-state index contributed by atoms with van der Waals surface area (Å²) in [5.74, 6) is 0.171. The molecule has 0 unspecified atom stereocenters. The molecule has 2 aromatic rings. The quantitative estimate of drug-likeness (QED) is 0.711. The molecule has 1 aliphatic heterocycles. The second-order valence-corrected chi connectivity index (χ2v) is 10.4. The predicted octanol–water partition coefficient (Wildman–Crippen LogP) is 3.70. The topological polar surface area (TPSA) is 80.8 Å². The molecule has 1 aromatic heterocycles. The highest BCUT2D eigenvalue weighted by molar-refractivity contribution is 7.99. The smallest absolute Gasteiger partial charge is 0.261 e. The standard InChI is InChI=1S/C19H23F2N3O2S2/c20-17-14(22-11-3-1-2-4-11)9-13-16(18(17)21)19(25)24-15(23-13)10-27-12-5-7-28(26)8-6-12/h9,11-12,22H,1-8,10H2,(H,23,24,25). The number of hydrogen-bond donors (Lipinski definition) is 2. The van der Waals surface area contributed by atoms with Crippen LogP contribution in [0.4, 0.5) is 14.5 Å². The minimum Gasteiger partial charge on any atom is -0.616 e. The van der Waals surface area contributed by atoms with Crippen LogP contribution in [0.1, 0.15) is 44.3 Å². The van der Waals surface area contributed by atoms with Crippen LogP contribution in [-0.2, 0) is 16.9 Å². The molecule has 1 aliphatic carbocycles. The molecule has 0 bridgehead atoms. The number of aromatic amines is 1. The van der Waals surface area contributed by atoms with Crippen LogP contribution in [0.15, 0.2) is 10.9 Å². The Bertz CT molecular complexity index is 910. The van der Waals surface area contributed by atoms with Crippen molar-refractivity contribution in [2.45, 2.75) is 55.6 Å². The number of anilines is 1. The Morgan fingerprint density at radius 2 is 1.93 bits per heavy atom. The highest BCUT2D eigenvalue weighted by Crippen LogP contribution is 2.29. The van der Waals surface area contributed by atoms with Crippen LogP contribution in [0.25, 0.3) is 10.9 Å². The van der Waals surface area contributed by atoms with Crippen molar-refractivity contribution in [1.82, 2.24) is 9.97 Å². The average molecular weight is 428 g/mol. The van der Waals surface area contributed by atoms with Gasteiger partial charge in [0.15, 0.2) is 11.6 Å². The summed E-state index contributed by atoms with van der Waals surface area (Å²) in [6.07, 6.45) is 5.76. The second kappa shape index (κ2) is 8.59. The Labute approximate surface area is 169 Å². The molecule has 2 heterocycles. The lowest BCUT2D eigenvalue weighted by Crippen LogP contribution is -2.25. The van der Waals surface area contributed by atoms with Crippen molar-refractivity contribution in [3.05, 3.63) is 33.9 Å². The van der Waals surface area contributed by atoms with Crippen molar-refractivity contribution < 1.29 is 13.3 Å². The average Bonchev–Trinajstić information content (AvgIpc) is 3.18. The fourth-order valence-electron chi connectivity index (χ4n) is 3.88. The van der Waals surface area contributed by atoms with Crippen LogP contribution in [0.3, 0.4) is 0 Å². The van der Waals surface area contributed by atoms with Crippen LogP contribution < -0.4 is 10.9 Å². The van der Waals surface area contributed by atoms with Crippen molar-refractivity contribution in [1.29, 1.82) is 0 Å². The van der Waals surface area contributed by atoms with E-state index in [1.807, 2.05) is 0 Å². The van der Waals surface area contributed by atoms with Crippen molar-refractivity contribution in [2.75, 3.05) is 16.8 Å². The van der Waals surface area contributed by atoms with E-state index < -0.39 is 28.4 Å². The normalized spacial score (nSPS) is 23.4. The number of rotatable bonds is 5. The molecule has 0 atom stereocenters. The number of benzene rings is 1. The summed E-state index contributed by atoms with van der Waals surface area (Å²) >= 11 is 0.945. The molecule has 0 amide bonds. The minimum atomic E-state index is -1.15. The summed E-state index contributed by atoms with van der Waals surface area (Å²) in [6.45, 7) is 0. The SMILES string of the molecule is O=c1[nH]c(CSC2CC[S+]([O-])CC2)nc2cc(NC3CCCC3)c(F)c(F)c12. The molecule has 1 saturated carbocycles. The molecule has 4 rings (SSSR count). The van der Waals surface area contributed by atoms with Crippen LogP contribution in [0, 0.1) is 11.6 Å². The number of hydrogen-bond acceptors (Lipinski definition) is 5. The lowest BCUT2D eigenvalue weighted by molar-refractivity contribution is 0.516. The Morgan fingerprint density at radius 3 is 2.64 bits per heavy atom. The number of nitrogens with zero attached hydrogens (tertiary/aromatic N) is 1.